The predicted octanol–water partition coefficient (Wildman–Crippen LogP) is 3.41. The lowest BCUT2D eigenvalue weighted by Gasteiger charge is -2.26. The average Bonchev–Trinajstić information content (AvgIpc) is 2.41. The van der Waals surface area contributed by atoms with Crippen molar-refractivity contribution in [3.63, 3.8) is 0 Å². The maximum Gasteiger partial charge on any atom is 0.143 e. The van der Waals surface area contributed by atoms with Crippen molar-refractivity contribution in [1.29, 1.82) is 0 Å². The summed E-state index contributed by atoms with van der Waals surface area (Å²) in [7, 11) is 2.33. The number of nitrogens with two attached hydrogens (primary N) is 1. The predicted molar refractivity (Wildman–Crippen MR) is 88.3 cm³/mol. The van der Waals surface area contributed by atoms with Crippen molar-refractivity contribution in [2.24, 2.45) is 16.6 Å². The van der Waals surface area contributed by atoms with Crippen molar-refractivity contribution >= 4 is 13.1 Å². The second-order valence-corrected chi connectivity index (χ2v) is 5.93. The highest BCUT2D eigenvalue weighted by Gasteiger charge is 2.21. The van der Waals surface area contributed by atoms with Gasteiger partial charge < -0.3 is 5.73 Å². The number of hydrogen-bond donors (Lipinski definition) is 1. The zero-order chi connectivity index (χ0) is 14.4. The van der Waals surface area contributed by atoms with E-state index in [0.29, 0.717) is 5.94 Å². The van der Waals surface area contributed by atoms with Crippen molar-refractivity contribution < 1.29 is 0 Å². The quantitative estimate of drug-likeness (QED) is 0.377. The number of aliphatic imine (C=N–C) groups is 1. The molecule has 1 radical (unpaired) electrons. The first kappa shape index (κ1) is 14.9. The summed E-state index contributed by atoms with van der Waals surface area (Å²) in [6.45, 7) is 6.12. The van der Waals surface area contributed by atoms with E-state index < -0.39 is 0 Å². The van der Waals surface area contributed by atoms with Gasteiger partial charge in [-0.3, -0.25) is 4.99 Å². The maximum absolute atomic E-state index is 6.07. The van der Waals surface area contributed by atoms with Gasteiger partial charge in [-0.2, -0.15) is 0 Å². The number of rotatable bonds is 5. The molecule has 1 fully saturated rings. The molecule has 0 saturated carbocycles. The lowest BCUT2D eigenvalue weighted by molar-refractivity contribution is 0.472. The third-order valence-corrected chi connectivity index (χ3v) is 3.81. The van der Waals surface area contributed by atoms with E-state index in [0.717, 1.165) is 37.3 Å². The molecule has 0 amide bonds. The maximum atomic E-state index is 6.07. The first-order valence-corrected chi connectivity index (χ1v) is 7.47. The van der Waals surface area contributed by atoms with Crippen LogP contribution in [0.25, 0.3) is 0 Å². The van der Waals surface area contributed by atoms with Crippen LogP contribution in [0.15, 0.2) is 47.5 Å². The second-order valence-electron chi connectivity index (χ2n) is 5.93. The highest BCUT2D eigenvalue weighted by Crippen LogP contribution is 2.26. The average molecular weight is 267 g/mol. The van der Waals surface area contributed by atoms with Gasteiger partial charge in [0, 0.05) is 12.4 Å². The highest BCUT2D eigenvalue weighted by atomic mass is 14.9. The highest BCUT2D eigenvalue weighted by molar-refractivity contribution is 6.38. The van der Waals surface area contributed by atoms with Crippen molar-refractivity contribution in [2.45, 2.75) is 44.9 Å². The minimum absolute atomic E-state index is 0.306. The molecule has 0 bridgehead atoms. The molecule has 1 saturated heterocycles. The molecule has 0 aromatic heterocycles. The minimum Gasteiger partial charge on any atom is -0.387 e. The molecule has 2 rings (SSSR count). The first-order chi connectivity index (χ1) is 9.63. The standard InChI is InChI=1S/C17H24BN2/c1-13(2)10-15-8-9-16(18-12-15)20-17(19)11-14-6-4-3-5-7-14/h3-7,15-16H,1,8-12H2,2H3,(H2,19,20). The number of allylic oxidation sites excluding steroid dienone is 1. The van der Waals surface area contributed by atoms with Gasteiger partial charge in [-0.1, -0.05) is 42.2 Å². The summed E-state index contributed by atoms with van der Waals surface area (Å²) in [5.74, 6) is 1.81. The Hall–Kier alpha value is -1.51. The molecule has 2 atom stereocenters. The summed E-state index contributed by atoms with van der Waals surface area (Å²) < 4.78 is 0. The number of hydrogen-bond acceptors (Lipinski definition) is 1. The number of amidine groups is 1. The zero-order valence-electron chi connectivity index (χ0n) is 12.4. The third kappa shape index (κ3) is 4.88. The van der Waals surface area contributed by atoms with E-state index >= 15 is 0 Å². The molecule has 1 aromatic rings. The lowest BCUT2D eigenvalue weighted by atomic mass is 9.56. The normalized spacial score (nSPS) is 23.1. The van der Waals surface area contributed by atoms with Gasteiger partial charge in [0.25, 0.3) is 0 Å². The van der Waals surface area contributed by atoms with Crippen molar-refractivity contribution in [3.05, 3.63) is 48.0 Å². The van der Waals surface area contributed by atoms with Gasteiger partial charge in [-0.25, -0.2) is 0 Å². The Morgan fingerprint density at radius 3 is 2.70 bits per heavy atom. The van der Waals surface area contributed by atoms with Crippen LogP contribution in [0.2, 0.25) is 6.32 Å². The van der Waals surface area contributed by atoms with Crippen LogP contribution in [0, 0.1) is 5.92 Å². The summed E-state index contributed by atoms with van der Waals surface area (Å²) in [6.07, 6.45) is 5.38. The molecule has 2 N–H and O–H groups in total. The van der Waals surface area contributed by atoms with E-state index in [1.807, 2.05) is 18.2 Å². The third-order valence-electron chi connectivity index (χ3n) is 3.81. The lowest BCUT2D eigenvalue weighted by Crippen LogP contribution is -2.28. The van der Waals surface area contributed by atoms with Gasteiger partial charge in [0.15, 0.2) is 0 Å². The molecule has 105 valence electrons. The first-order valence-electron chi connectivity index (χ1n) is 7.47. The van der Waals surface area contributed by atoms with Gasteiger partial charge in [0.2, 0.25) is 0 Å². The van der Waals surface area contributed by atoms with Crippen LogP contribution in [0.3, 0.4) is 0 Å². The van der Waals surface area contributed by atoms with Gasteiger partial charge in [0.1, 0.15) is 7.28 Å². The van der Waals surface area contributed by atoms with E-state index in [1.54, 1.807) is 0 Å². The molecular formula is C17H24BN2. The van der Waals surface area contributed by atoms with E-state index in [-0.39, 0.29) is 0 Å². The summed E-state index contributed by atoms with van der Waals surface area (Å²) >= 11 is 0. The van der Waals surface area contributed by atoms with Crippen molar-refractivity contribution in [1.82, 2.24) is 0 Å². The van der Waals surface area contributed by atoms with Crippen LogP contribution in [-0.4, -0.2) is 19.1 Å². The molecular weight excluding hydrogens is 243 g/mol. The van der Waals surface area contributed by atoms with Gasteiger partial charge in [-0.15, -0.1) is 6.58 Å². The Kier molecular flexibility index (Phi) is 5.45. The fourth-order valence-electron chi connectivity index (χ4n) is 2.85. The second kappa shape index (κ2) is 7.32. The fraction of sp³-hybridized carbons (Fsp3) is 0.471. The number of nitrogens with zero attached hydrogens (tertiary/aromatic N) is 1. The topological polar surface area (TPSA) is 38.4 Å². The molecule has 1 heterocycles. The molecule has 0 aliphatic carbocycles. The molecule has 2 nitrogen and oxygen atoms in total. The zero-order valence-corrected chi connectivity index (χ0v) is 12.4. The van der Waals surface area contributed by atoms with Crippen LogP contribution in [0.4, 0.5) is 0 Å². The molecule has 20 heavy (non-hydrogen) atoms. The van der Waals surface area contributed by atoms with Crippen molar-refractivity contribution in [3.8, 4) is 0 Å². The Labute approximate surface area is 123 Å². The summed E-state index contributed by atoms with van der Waals surface area (Å²) in [4.78, 5) is 4.66. The largest absolute Gasteiger partial charge is 0.387 e. The molecule has 1 aromatic carbocycles. The smallest absolute Gasteiger partial charge is 0.143 e. The van der Waals surface area contributed by atoms with Crippen LogP contribution >= 0.6 is 0 Å². The molecule has 1 aliphatic heterocycles. The monoisotopic (exact) mass is 267 g/mol. The minimum atomic E-state index is 0.306. The van der Waals surface area contributed by atoms with Crippen LogP contribution < -0.4 is 5.73 Å². The molecule has 0 spiro atoms. The Bertz CT molecular complexity index is 459. The van der Waals surface area contributed by atoms with E-state index in [9.17, 15) is 0 Å². The summed E-state index contributed by atoms with van der Waals surface area (Å²) in [5, 5.41) is 0. The van der Waals surface area contributed by atoms with Gasteiger partial charge in [-0.05, 0) is 37.7 Å². The van der Waals surface area contributed by atoms with E-state index in [2.05, 4.69) is 37.9 Å². The van der Waals surface area contributed by atoms with E-state index in [1.165, 1.54) is 17.6 Å². The van der Waals surface area contributed by atoms with Crippen LogP contribution in [-0.2, 0) is 6.42 Å². The molecule has 2 unspecified atom stereocenters. The molecule has 1 aliphatic rings. The van der Waals surface area contributed by atoms with Gasteiger partial charge in [0.05, 0.1) is 5.84 Å². The fourth-order valence-corrected chi connectivity index (χ4v) is 2.85. The van der Waals surface area contributed by atoms with Gasteiger partial charge >= 0.3 is 0 Å². The Balaban J connectivity index is 1.81. The Morgan fingerprint density at radius 1 is 1.35 bits per heavy atom. The SMILES string of the molecule is C=C(C)CC1C[B]C(N=C(N)Cc2ccccc2)CC1. The van der Waals surface area contributed by atoms with E-state index in [4.69, 9.17) is 5.73 Å². The molecule has 3 heteroatoms. The number of benzene rings is 1. The summed E-state index contributed by atoms with van der Waals surface area (Å²) in [6, 6.07) is 10.3. The summed E-state index contributed by atoms with van der Waals surface area (Å²) in [5.41, 5.74) is 8.58. The Morgan fingerprint density at radius 2 is 2.10 bits per heavy atom. The van der Waals surface area contributed by atoms with Crippen molar-refractivity contribution in [2.75, 3.05) is 0 Å². The van der Waals surface area contributed by atoms with Crippen LogP contribution in [0.1, 0.15) is 31.7 Å². The van der Waals surface area contributed by atoms with Crippen LogP contribution in [0.5, 0.6) is 0 Å².